The van der Waals surface area contributed by atoms with E-state index in [0.717, 1.165) is 43.9 Å². The van der Waals surface area contributed by atoms with Crippen molar-refractivity contribution in [2.45, 2.75) is 31.7 Å². The van der Waals surface area contributed by atoms with Crippen LogP contribution in [0.25, 0.3) is 0 Å². The Labute approximate surface area is 137 Å². The van der Waals surface area contributed by atoms with Crippen molar-refractivity contribution in [3.8, 4) is 11.5 Å². The van der Waals surface area contributed by atoms with Crippen molar-refractivity contribution in [3.05, 3.63) is 34.9 Å². The van der Waals surface area contributed by atoms with Crippen molar-refractivity contribution < 1.29 is 14.3 Å². The molecule has 0 N–H and O–H groups in total. The molecule has 2 unspecified atom stereocenters. The molecule has 2 aliphatic heterocycles. The predicted octanol–water partition coefficient (Wildman–Crippen LogP) is 2.91. The molecule has 2 heterocycles. The van der Waals surface area contributed by atoms with Gasteiger partial charge in [-0.1, -0.05) is 5.57 Å². The zero-order valence-electron chi connectivity index (χ0n) is 13.8. The van der Waals surface area contributed by atoms with Gasteiger partial charge in [0.1, 0.15) is 0 Å². The van der Waals surface area contributed by atoms with Crippen LogP contribution in [-0.2, 0) is 11.2 Å². The highest BCUT2D eigenvalue weighted by Gasteiger charge is 2.37. The van der Waals surface area contributed by atoms with E-state index in [9.17, 15) is 4.79 Å². The van der Waals surface area contributed by atoms with Crippen LogP contribution in [-0.4, -0.2) is 38.0 Å². The van der Waals surface area contributed by atoms with E-state index < -0.39 is 0 Å². The first kappa shape index (κ1) is 14.8. The summed E-state index contributed by atoms with van der Waals surface area (Å²) in [6.07, 6.45) is 5.68. The van der Waals surface area contributed by atoms with Crippen LogP contribution < -0.4 is 9.47 Å². The molecule has 1 fully saturated rings. The van der Waals surface area contributed by atoms with E-state index >= 15 is 0 Å². The lowest BCUT2D eigenvalue weighted by molar-refractivity contribution is -0.115. The number of methoxy groups -OCH3 is 2. The molecule has 0 amide bonds. The quantitative estimate of drug-likeness (QED) is 0.841. The summed E-state index contributed by atoms with van der Waals surface area (Å²) in [5.41, 5.74) is 4.04. The second kappa shape index (κ2) is 5.68. The zero-order valence-corrected chi connectivity index (χ0v) is 13.8. The fourth-order valence-corrected chi connectivity index (χ4v) is 4.38. The van der Waals surface area contributed by atoms with Gasteiger partial charge < -0.3 is 9.47 Å². The van der Waals surface area contributed by atoms with Crippen molar-refractivity contribution in [1.82, 2.24) is 4.90 Å². The average Bonchev–Trinajstić information content (AvgIpc) is 2.58. The largest absolute Gasteiger partial charge is 0.493 e. The Hall–Kier alpha value is -1.81. The number of fused-ring (bicyclic) bond motifs is 4. The highest BCUT2D eigenvalue weighted by Crippen LogP contribution is 2.45. The summed E-state index contributed by atoms with van der Waals surface area (Å²) in [5, 5.41) is 0. The van der Waals surface area contributed by atoms with Crippen molar-refractivity contribution >= 4 is 5.78 Å². The summed E-state index contributed by atoms with van der Waals surface area (Å²) >= 11 is 0. The van der Waals surface area contributed by atoms with E-state index in [1.165, 1.54) is 16.7 Å². The molecule has 1 aromatic rings. The molecule has 0 saturated carbocycles. The van der Waals surface area contributed by atoms with Crippen LogP contribution in [0.4, 0.5) is 0 Å². The van der Waals surface area contributed by atoms with E-state index in [1.807, 2.05) is 6.08 Å². The summed E-state index contributed by atoms with van der Waals surface area (Å²) in [5.74, 6) is 2.48. The Morgan fingerprint density at radius 3 is 2.70 bits per heavy atom. The number of ether oxygens (including phenoxy) is 2. The Morgan fingerprint density at radius 2 is 1.91 bits per heavy atom. The topological polar surface area (TPSA) is 38.8 Å². The maximum Gasteiger partial charge on any atom is 0.161 e. The van der Waals surface area contributed by atoms with Gasteiger partial charge >= 0.3 is 0 Å². The number of hydrogen-bond acceptors (Lipinski definition) is 4. The van der Waals surface area contributed by atoms with Gasteiger partial charge in [-0.25, -0.2) is 0 Å². The minimum Gasteiger partial charge on any atom is -0.493 e. The standard InChI is InChI=1S/C19H23NO3/c1-22-18-9-12-5-6-20-11-13-3-4-15(21)7-14(13)8-17(20)16(12)10-19(18)23-2/h7,9-10,13,17H,3-6,8,11H2,1-2H3. The number of ketones is 1. The van der Waals surface area contributed by atoms with Crippen LogP contribution in [0.5, 0.6) is 11.5 Å². The molecule has 0 radical (unpaired) electrons. The van der Waals surface area contributed by atoms with Gasteiger partial charge in [0.25, 0.3) is 0 Å². The average molecular weight is 313 g/mol. The fraction of sp³-hybridized carbons (Fsp3) is 0.526. The normalized spacial score (nSPS) is 26.7. The molecule has 0 aromatic heterocycles. The molecule has 2 atom stereocenters. The number of nitrogens with zero attached hydrogens (tertiary/aromatic N) is 1. The van der Waals surface area contributed by atoms with Crippen LogP contribution in [0.3, 0.4) is 0 Å². The molecule has 4 heteroatoms. The molecule has 4 nitrogen and oxygen atoms in total. The first-order valence-electron chi connectivity index (χ1n) is 8.41. The third kappa shape index (κ3) is 2.45. The molecule has 0 spiro atoms. The van der Waals surface area contributed by atoms with Gasteiger partial charge in [0.15, 0.2) is 17.3 Å². The van der Waals surface area contributed by atoms with E-state index in [0.29, 0.717) is 24.2 Å². The zero-order chi connectivity index (χ0) is 16.0. The number of rotatable bonds is 2. The molecule has 1 saturated heterocycles. The van der Waals surface area contributed by atoms with Gasteiger partial charge in [-0.2, -0.15) is 0 Å². The van der Waals surface area contributed by atoms with E-state index in [2.05, 4.69) is 17.0 Å². The minimum absolute atomic E-state index is 0.299. The molecule has 23 heavy (non-hydrogen) atoms. The van der Waals surface area contributed by atoms with Crippen molar-refractivity contribution in [3.63, 3.8) is 0 Å². The van der Waals surface area contributed by atoms with Gasteiger partial charge in [0, 0.05) is 25.6 Å². The van der Waals surface area contributed by atoms with E-state index in [1.54, 1.807) is 14.2 Å². The van der Waals surface area contributed by atoms with E-state index in [-0.39, 0.29) is 0 Å². The van der Waals surface area contributed by atoms with Gasteiger partial charge in [-0.05, 0) is 54.5 Å². The van der Waals surface area contributed by atoms with Gasteiger partial charge in [-0.15, -0.1) is 0 Å². The second-order valence-corrected chi connectivity index (χ2v) is 6.79. The summed E-state index contributed by atoms with van der Waals surface area (Å²) in [4.78, 5) is 14.4. The number of piperidine rings is 1. The van der Waals surface area contributed by atoms with E-state index in [4.69, 9.17) is 9.47 Å². The number of carbonyl (C=O) groups excluding carboxylic acids is 1. The number of allylic oxidation sites excluding steroid dienone is 1. The Balaban J connectivity index is 1.72. The van der Waals surface area contributed by atoms with Gasteiger partial charge in [0.2, 0.25) is 0 Å². The molecule has 1 aromatic carbocycles. The molecular weight excluding hydrogens is 290 g/mol. The first-order valence-corrected chi connectivity index (χ1v) is 8.41. The SMILES string of the molecule is COc1cc2c(cc1OC)C1CC3=CC(=O)CCC3CN1CC2. The Bertz CT molecular complexity index is 679. The molecule has 4 rings (SSSR count). The molecule has 1 aliphatic carbocycles. The third-order valence-electron chi connectivity index (χ3n) is 5.61. The van der Waals surface area contributed by atoms with Crippen LogP contribution in [0, 0.1) is 5.92 Å². The summed E-state index contributed by atoms with van der Waals surface area (Å²) < 4.78 is 10.9. The third-order valence-corrected chi connectivity index (χ3v) is 5.61. The number of benzene rings is 1. The van der Waals surface area contributed by atoms with Crippen LogP contribution in [0.1, 0.15) is 36.4 Å². The van der Waals surface area contributed by atoms with Crippen LogP contribution in [0.15, 0.2) is 23.8 Å². The minimum atomic E-state index is 0.299. The highest BCUT2D eigenvalue weighted by atomic mass is 16.5. The molecule has 0 bridgehead atoms. The van der Waals surface area contributed by atoms with Crippen LogP contribution in [0.2, 0.25) is 0 Å². The lowest BCUT2D eigenvalue weighted by Crippen LogP contribution is -2.44. The summed E-state index contributed by atoms with van der Waals surface area (Å²) in [7, 11) is 3.37. The summed E-state index contributed by atoms with van der Waals surface area (Å²) in [6.45, 7) is 2.17. The highest BCUT2D eigenvalue weighted by molar-refractivity contribution is 5.91. The number of hydrogen-bond donors (Lipinski definition) is 0. The van der Waals surface area contributed by atoms with Gasteiger partial charge in [-0.3, -0.25) is 9.69 Å². The Morgan fingerprint density at radius 1 is 1.13 bits per heavy atom. The lowest BCUT2D eigenvalue weighted by atomic mass is 9.76. The first-order chi connectivity index (χ1) is 11.2. The van der Waals surface area contributed by atoms with Crippen LogP contribution >= 0.6 is 0 Å². The maximum atomic E-state index is 11.8. The van der Waals surface area contributed by atoms with Crippen molar-refractivity contribution in [1.29, 1.82) is 0 Å². The molecule has 122 valence electrons. The molecule has 3 aliphatic rings. The number of carbonyl (C=O) groups is 1. The summed E-state index contributed by atoms with van der Waals surface area (Å²) in [6, 6.07) is 4.63. The fourth-order valence-electron chi connectivity index (χ4n) is 4.38. The van der Waals surface area contributed by atoms with Crippen molar-refractivity contribution in [2.75, 3.05) is 27.3 Å². The maximum absolute atomic E-state index is 11.8. The Kier molecular flexibility index (Phi) is 3.64. The van der Waals surface area contributed by atoms with Crippen molar-refractivity contribution in [2.24, 2.45) is 5.92 Å². The monoisotopic (exact) mass is 313 g/mol. The molecular formula is C19H23NO3. The lowest BCUT2D eigenvalue weighted by Gasteiger charge is -2.45. The predicted molar refractivity (Wildman–Crippen MR) is 88.0 cm³/mol. The smallest absolute Gasteiger partial charge is 0.161 e. The van der Waals surface area contributed by atoms with Gasteiger partial charge in [0.05, 0.1) is 14.2 Å². The second-order valence-electron chi connectivity index (χ2n) is 6.79.